The largest absolute Gasteiger partial charge is 0.497 e. The van der Waals surface area contributed by atoms with E-state index in [4.69, 9.17) is 20.8 Å². The van der Waals surface area contributed by atoms with Crippen LogP contribution in [0.5, 0.6) is 5.75 Å². The Bertz CT molecular complexity index is 1150. The molecule has 0 N–H and O–H groups in total. The maximum absolute atomic E-state index is 6.17. The molecule has 1 atom stereocenters. The van der Waals surface area contributed by atoms with Crippen LogP contribution in [0.3, 0.4) is 0 Å². The van der Waals surface area contributed by atoms with Crippen LogP contribution in [-0.2, 0) is 6.54 Å². The lowest BCUT2D eigenvalue weighted by Crippen LogP contribution is -2.48. The molecule has 1 saturated heterocycles. The van der Waals surface area contributed by atoms with Gasteiger partial charge in [-0.05, 0) is 64.5 Å². The predicted molar refractivity (Wildman–Crippen MR) is 126 cm³/mol. The first-order valence-electron chi connectivity index (χ1n) is 10.9. The molecule has 170 valence electrons. The highest BCUT2D eigenvalue weighted by Gasteiger charge is 2.31. The average molecular weight is 465 g/mol. The van der Waals surface area contributed by atoms with Gasteiger partial charge in [-0.2, -0.15) is 0 Å². The van der Waals surface area contributed by atoms with Crippen LogP contribution < -0.4 is 9.64 Å². The van der Waals surface area contributed by atoms with Gasteiger partial charge in [0.1, 0.15) is 18.1 Å². The van der Waals surface area contributed by atoms with Crippen LogP contribution in [0.1, 0.15) is 23.2 Å². The Hall–Kier alpha value is -3.36. The molecular formula is C24H25ClN6O2. The van der Waals surface area contributed by atoms with E-state index in [1.807, 2.05) is 41.1 Å². The molecule has 4 aromatic rings. The predicted octanol–water partition coefficient (Wildman–Crippen LogP) is 3.89. The monoisotopic (exact) mass is 464 g/mol. The summed E-state index contributed by atoms with van der Waals surface area (Å²) in [4.78, 5) is 4.81. The van der Waals surface area contributed by atoms with E-state index in [9.17, 15) is 0 Å². The topological polar surface area (TPSA) is 72.5 Å². The van der Waals surface area contributed by atoms with Crippen LogP contribution in [0.25, 0.3) is 0 Å². The van der Waals surface area contributed by atoms with E-state index in [1.165, 1.54) is 5.69 Å². The van der Waals surface area contributed by atoms with Gasteiger partial charge < -0.3 is 14.1 Å². The van der Waals surface area contributed by atoms with Gasteiger partial charge in [-0.25, -0.2) is 4.68 Å². The smallest absolute Gasteiger partial charge is 0.173 e. The molecule has 9 heteroatoms. The number of aromatic nitrogens is 4. The van der Waals surface area contributed by atoms with Crippen LogP contribution >= 0.6 is 11.6 Å². The van der Waals surface area contributed by atoms with Gasteiger partial charge in [0.2, 0.25) is 0 Å². The zero-order valence-corrected chi connectivity index (χ0v) is 19.1. The number of hydrogen-bond acceptors (Lipinski definition) is 7. The SMILES string of the molecule is COc1ccc(N2CCN(C(c3ccc(Cl)cc3)c3nnnn3Cc3ccco3)CC2)cc1. The summed E-state index contributed by atoms with van der Waals surface area (Å²) in [7, 11) is 1.68. The van der Waals surface area contributed by atoms with E-state index in [0.717, 1.165) is 49.1 Å². The molecule has 1 aliphatic rings. The number of ether oxygens (including phenoxy) is 1. The molecule has 2 aromatic carbocycles. The highest BCUT2D eigenvalue weighted by atomic mass is 35.5. The highest BCUT2D eigenvalue weighted by Crippen LogP contribution is 2.30. The summed E-state index contributed by atoms with van der Waals surface area (Å²) >= 11 is 6.17. The summed E-state index contributed by atoms with van der Waals surface area (Å²) in [5.74, 6) is 2.46. The van der Waals surface area contributed by atoms with Crippen molar-refractivity contribution in [2.75, 3.05) is 38.2 Å². The van der Waals surface area contributed by atoms with Gasteiger partial charge in [-0.1, -0.05) is 23.7 Å². The Labute approximate surface area is 197 Å². The number of anilines is 1. The third-order valence-electron chi connectivity index (χ3n) is 5.99. The molecule has 3 heterocycles. The van der Waals surface area contributed by atoms with E-state index < -0.39 is 0 Å². The van der Waals surface area contributed by atoms with Crippen LogP contribution in [-0.4, -0.2) is 58.4 Å². The first-order valence-corrected chi connectivity index (χ1v) is 11.3. The van der Waals surface area contributed by atoms with Crippen LogP contribution in [0.15, 0.2) is 71.3 Å². The number of tetrazole rings is 1. The Morgan fingerprint density at radius 3 is 2.42 bits per heavy atom. The molecule has 8 nitrogen and oxygen atoms in total. The number of methoxy groups -OCH3 is 1. The second-order valence-electron chi connectivity index (χ2n) is 7.95. The number of furan rings is 1. The van der Waals surface area contributed by atoms with Crippen molar-refractivity contribution in [3.05, 3.63) is 89.1 Å². The second-order valence-corrected chi connectivity index (χ2v) is 8.39. The molecule has 1 fully saturated rings. The zero-order valence-electron chi connectivity index (χ0n) is 18.3. The molecule has 0 amide bonds. The van der Waals surface area contributed by atoms with Crippen molar-refractivity contribution in [2.24, 2.45) is 0 Å². The highest BCUT2D eigenvalue weighted by molar-refractivity contribution is 6.30. The fourth-order valence-corrected chi connectivity index (χ4v) is 4.40. The van der Waals surface area contributed by atoms with E-state index in [0.29, 0.717) is 11.6 Å². The first-order chi connectivity index (χ1) is 16.2. The summed E-state index contributed by atoms with van der Waals surface area (Å²) in [5, 5.41) is 13.4. The van der Waals surface area contributed by atoms with E-state index in [2.05, 4.69) is 49.6 Å². The molecule has 0 saturated carbocycles. The first kappa shape index (κ1) is 21.5. The van der Waals surface area contributed by atoms with Crippen molar-refractivity contribution in [3.8, 4) is 5.75 Å². The lowest BCUT2D eigenvalue weighted by molar-refractivity contribution is 0.201. The van der Waals surface area contributed by atoms with E-state index in [1.54, 1.807) is 13.4 Å². The summed E-state index contributed by atoms with van der Waals surface area (Å²) in [6.07, 6.45) is 1.66. The lowest BCUT2D eigenvalue weighted by atomic mass is 10.0. The summed E-state index contributed by atoms with van der Waals surface area (Å²) < 4.78 is 12.6. The Kier molecular flexibility index (Phi) is 6.28. The van der Waals surface area contributed by atoms with Crippen LogP contribution in [0.2, 0.25) is 5.02 Å². The Morgan fingerprint density at radius 1 is 1.00 bits per heavy atom. The van der Waals surface area contributed by atoms with Crippen molar-refractivity contribution in [3.63, 3.8) is 0 Å². The standard InChI is InChI=1S/C24H25ClN6O2/c1-32-21-10-8-20(9-11-21)29-12-14-30(15-13-29)23(18-4-6-19(25)7-5-18)24-26-27-28-31(24)17-22-3-2-16-33-22/h2-11,16,23H,12-15,17H2,1H3. The molecule has 5 rings (SSSR count). The van der Waals surface area contributed by atoms with Gasteiger partial charge >= 0.3 is 0 Å². The zero-order chi connectivity index (χ0) is 22.6. The van der Waals surface area contributed by atoms with Gasteiger partial charge in [-0.3, -0.25) is 4.90 Å². The second kappa shape index (κ2) is 9.64. The molecule has 33 heavy (non-hydrogen) atoms. The number of nitrogens with zero attached hydrogens (tertiary/aromatic N) is 6. The van der Waals surface area contributed by atoms with Crippen LogP contribution in [0.4, 0.5) is 5.69 Å². The van der Waals surface area contributed by atoms with Gasteiger partial charge in [0, 0.05) is 36.9 Å². The van der Waals surface area contributed by atoms with Gasteiger partial charge in [0.15, 0.2) is 5.82 Å². The molecule has 0 spiro atoms. The summed E-state index contributed by atoms with van der Waals surface area (Å²) in [6, 6.07) is 19.8. The maximum Gasteiger partial charge on any atom is 0.173 e. The van der Waals surface area contributed by atoms with E-state index in [-0.39, 0.29) is 6.04 Å². The normalized spacial score (nSPS) is 15.5. The molecule has 0 bridgehead atoms. The molecule has 2 aromatic heterocycles. The molecule has 1 unspecified atom stereocenters. The van der Waals surface area contributed by atoms with Crippen LogP contribution in [0, 0.1) is 0 Å². The quantitative estimate of drug-likeness (QED) is 0.411. The van der Waals surface area contributed by atoms with E-state index >= 15 is 0 Å². The number of hydrogen-bond donors (Lipinski definition) is 0. The average Bonchev–Trinajstić information content (AvgIpc) is 3.54. The van der Waals surface area contributed by atoms with Gasteiger partial charge in [-0.15, -0.1) is 5.10 Å². The van der Waals surface area contributed by atoms with Crippen molar-refractivity contribution >= 4 is 17.3 Å². The molecule has 1 aliphatic heterocycles. The number of halogens is 1. The third-order valence-corrected chi connectivity index (χ3v) is 6.24. The van der Waals surface area contributed by atoms with Crippen molar-refractivity contribution in [1.29, 1.82) is 0 Å². The molecule has 0 radical (unpaired) electrons. The summed E-state index contributed by atoms with van der Waals surface area (Å²) in [6.45, 7) is 4.01. The number of rotatable bonds is 7. The maximum atomic E-state index is 6.17. The minimum atomic E-state index is -0.0924. The van der Waals surface area contributed by atoms with Gasteiger partial charge in [0.05, 0.1) is 19.4 Å². The minimum absolute atomic E-state index is 0.0924. The minimum Gasteiger partial charge on any atom is -0.497 e. The number of piperazine rings is 1. The Balaban J connectivity index is 1.39. The lowest BCUT2D eigenvalue weighted by Gasteiger charge is -2.40. The fourth-order valence-electron chi connectivity index (χ4n) is 4.27. The van der Waals surface area contributed by atoms with Crippen molar-refractivity contribution < 1.29 is 9.15 Å². The molecule has 0 aliphatic carbocycles. The Morgan fingerprint density at radius 2 is 1.76 bits per heavy atom. The third kappa shape index (κ3) is 4.72. The molecular weight excluding hydrogens is 440 g/mol. The number of benzene rings is 2. The van der Waals surface area contributed by atoms with Crippen molar-refractivity contribution in [2.45, 2.75) is 12.6 Å². The summed E-state index contributed by atoms with van der Waals surface area (Å²) in [5.41, 5.74) is 2.30. The fraction of sp³-hybridized carbons (Fsp3) is 0.292. The van der Waals surface area contributed by atoms with Crippen molar-refractivity contribution in [1.82, 2.24) is 25.1 Å². The van der Waals surface area contributed by atoms with Gasteiger partial charge in [0.25, 0.3) is 0 Å².